The maximum atomic E-state index is 12.3. The second-order valence-corrected chi connectivity index (χ2v) is 4.77. The molecule has 1 aliphatic carbocycles. The second-order valence-electron chi connectivity index (χ2n) is 4.77. The SMILES string of the molecule is NC(=O)N1c2ccccc2CC(=O)C2C=CC=CC21. The second kappa shape index (κ2) is 4.39. The van der Waals surface area contributed by atoms with E-state index in [0.29, 0.717) is 6.42 Å². The first-order chi connectivity index (χ1) is 9.18. The summed E-state index contributed by atoms with van der Waals surface area (Å²) in [6.45, 7) is 0. The highest BCUT2D eigenvalue weighted by Gasteiger charge is 2.37. The lowest BCUT2D eigenvalue weighted by atomic mass is 9.89. The van der Waals surface area contributed by atoms with E-state index in [2.05, 4.69) is 0 Å². The predicted molar refractivity (Wildman–Crippen MR) is 72.8 cm³/mol. The lowest BCUT2D eigenvalue weighted by Gasteiger charge is -2.31. The van der Waals surface area contributed by atoms with Crippen LogP contribution in [0.15, 0.2) is 48.6 Å². The molecule has 2 unspecified atom stereocenters. The molecule has 1 aromatic carbocycles. The highest BCUT2D eigenvalue weighted by molar-refractivity contribution is 5.98. The van der Waals surface area contributed by atoms with Gasteiger partial charge < -0.3 is 5.73 Å². The van der Waals surface area contributed by atoms with Gasteiger partial charge in [-0.05, 0) is 11.6 Å². The number of urea groups is 1. The van der Waals surface area contributed by atoms with Crippen molar-refractivity contribution in [2.75, 3.05) is 4.90 Å². The zero-order chi connectivity index (χ0) is 13.4. The Labute approximate surface area is 111 Å². The van der Waals surface area contributed by atoms with Crippen LogP contribution in [-0.4, -0.2) is 17.9 Å². The molecule has 0 aromatic heterocycles. The van der Waals surface area contributed by atoms with Crippen molar-refractivity contribution in [1.82, 2.24) is 0 Å². The number of anilines is 1. The Hall–Kier alpha value is -2.36. The normalized spacial score (nSPS) is 24.6. The molecule has 2 aliphatic rings. The highest BCUT2D eigenvalue weighted by atomic mass is 16.2. The van der Waals surface area contributed by atoms with Gasteiger partial charge in [-0.2, -0.15) is 0 Å². The average molecular weight is 254 g/mol. The molecular formula is C15H14N2O2. The fraction of sp³-hybridized carbons (Fsp3) is 0.200. The Bertz CT molecular complexity index is 604. The van der Waals surface area contributed by atoms with Crippen LogP contribution in [0.4, 0.5) is 10.5 Å². The summed E-state index contributed by atoms with van der Waals surface area (Å²) >= 11 is 0. The Kier molecular flexibility index (Phi) is 2.71. The summed E-state index contributed by atoms with van der Waals surface area (Å²) in [4.78, 5) is 25.6. The number of hydrogen-bond acceptors (Lipinski definition) is 2. The van der Waals surface area contributed by atoms with Crippen LogP contribution < -0.4 is 10.6 Å². The molecule has 4 nitrogen and oxygen atoms in total. The number of benzene rings is 1. The lowest BCUT2D eigenvalue weighted by molar-refractivity contribution is -0.120. The number of para-hydroxylation sites is 1. The predicted octanol–water partition coefficient (Wildman–Crippen LogP) is 1.81. The fourth-order valence-corrected chi connectivity index (χ4v) is 2.77. The molecule has 3 rings (SSSR count). The third-order valence-electron chi connectivity index (χ3n) is 3.63. The number of rotatable bonds is 0. The minimum atomic E-state index is -0.530. The third-order valence-corrected chi connectivity index (χ3v) is 3.63. The first-order valence-electron chi connectivity index (χ1n) is 6.23. The van der Waals surface area contributed by atoms with E-state index < -0.39 is 6.03 Å². The Morgan fingerprint density at radius 2 is 1.95 bits per heavy atom. The number of fused-ring (bicyclic) bond motifs is 2. The molecule has 96 valence electrons. The molecule has 4 heteroatoms. The van der Waals surface area contributed by atoms with E-state index in [1.54, 1.807) is 0 Å². The minimum Gasteiger partial charge on any atom is -0.351 e. The van der Waals surface area contributed by atoms with Crippen molar-refractivity contribution in [3.63, 3.8) is 0 Å². The number of nitrogens with two attached hydrogens (primary N) is 1. The number of ketones is 1. The van der Waals surface area contributed by atoms with Crippen LogP contribution in [-0.2, 0) is 11.2 Å². The van der Waals surface area contributed by atoms with Gasteiger partial charge in [-0.15, -0.1) is 0 Å². The molecule has 2 N–H and O–H groups in total. The highest BCUT2D eigenvalue weighted by Crippen LogP contribution is 2.33. The van der Waals surface area contributed by atoms with Crippen molar-refractivity contribution in [1.29, 1.82) is 0 Å². The van der Waals surface area contributed by atoms with Crippen LogP contribution in [0.2, 0.25) is 0 Å². The van der Waals surface area contributed by atoms with Gasteiger partial charge in [0, 0.05) is 12.1 Å². The van der Waals surface area contributed by atoms with Crippen molar-refractivity contribution in [2.24, 2.45) is 11.7 Å². The molecule has 0 spiro atoms. The van der Waals surface area contributed by atoms with Crippen LogP contribution in [0, 0.1) is 5.92 Å². The number of carbonyl (C=O) groups is 2. The topological polar surface area (TPSA) is 63.4 Å². The molecule has 1 heterocycles. The maximum Gasteiger partial charge on any atom is 0.319 e. The van der Waals surface area contributed by atoms with Gasteiger partial charge in [0.1, 0.15) is 5.78 Å². The Balaban J connectivity index is 2.18. The van der Waals surface area contributed by atoms with E-state index in [0.717, 1.165) is 11.3 Å². The number of Topliss-reactive ketones (excluding diaryl/α,β-unsaturated/α-hetero) is 1. The smallest absolute Gasteiger partial charge is 0.319 e. The fourth-order valence-electron chi connectivity index (χ4n) is 2.77. The summed E-state index contributed by atoms with van der Waals surface area (Å²) in [6.07, 6.45) is 7.72. The quantitative estimate of drug-likeness (QED) is 0.767. The third kappa shape index (κ3) is 1.85. The standard InChI is InChI=1S/C15H14N2O2/c16-15(19)17-12-7-3-1-5-10(12)9-14(18)11-6-2-4-8-13(11)17/h1-8,11,13H,9H2,(H2,16,19). The Morgan fingerprint density at radius 3 is 2.74 bits per heavy atom. The van der Waals surface area contributed by atoms with Crippen molar-refractivity contribution in [3.05, 3.63) is 54.1 Å². The van der Waals surface area contributed by atoms with E-state index in [9.17, 15) is 9.59 Å². The van der Waals surface area contributed by atoms with Gasteiger partial charge >= 0.3 is 6.03 Å². The van der Waals surface area contributed by atoms with Gasteiger partial charge in [-0.1, -0.05) is 42.5 Å². The molecule has 0 saturated heterocycles. The first-order valence-corrected chi connectivity index (χ1v) is 6.23. The number of amides is 2. The van der Waals surface area contributed by atoms with Crippen LogP contribution in [0.25, 0.3) is 0 Å². The number of hydrogen-bond donors (Lipinski definition) is 1. The molecule has 2 atom stereocenters. The molecule has 0 fully saturated rings. The number of carbonyl (C=O) groups excluding carboxylic acids is 2. The van der Waals surface area contributed by atoms with E-state index in [1.165, 1.54) is 4.90 Å². The molecule has 1 aliphatic heterocycles. The molecule has 1 aromatic rings. The summed E-state index contributed by atoms with van der Waals surface area (Å²) in [5, 5.41) is 0. The van der Waals surface area contributed by atoms with Gasteiger partial charge in [0.25, 0.3) is 0 Å². The van der Waals surface area contributed by atoms with Gasteiger partial charge in [-0.3, -0.25) is 9.69 Å². The van der Waals surface area contributed by atoms with Crippen LogP contribution in [0.1, 0.15) is 5.56 Å². The number of allylic oxidation sites excluding steroid dienone is 2. The molecule has 0 radical (unpaired) electrons. The van der Waals surface area contributed by atoms with Gasteiger partial charge in [0.05, 0.1) is 12.0 Å². The average Bonchev–Trinajstić information content (AvgIpc) is 2.53. The maximum absolute atomic E-state index is 12.3. The van der Waals surface area contributed by atoms with Crippen molar-refractivity contribution < 1.29 is 9.59 Å². The van der Waals surface area contributed by atoms with E-state index in [4.69, 9.17) is 5.73 Å². The summed E-state index contributed by atoms with van der Waals surface area (Å²) in [5.41, 5.74) is 7.10. The van der Waals surface area contributed by atoms with Crippen molar-refractivity contribution in [3.8, 4) is 0 Å². The van der Waals surface area contributed by atoms with Crippen LogP contribution in [0.3, 0.4) is 0 Å². The minimum absolute atomic E-state index is 0.113. The first kappa shape index (κ1) is 11.7. The van der Waals surface area contributed by atoms with Crippen molar-refractivity contribution >= 4 is 17.5 Å². The zero-order valence-corrected chi connectivity index (χ0v) is 10.3. The number of primary amides is 1. The Morgan fingerprint density at radius 1 is 1.21 bits per heavy atom. The van der Waals surface area contributed by atoms with Gasteiger partial charge in [0.15, 0.2) is 0 Å². The summed E-state index contributed by atoms with van der Waals surface area (Å²) in [7, 11) is 0. The molecule has 0 bridgehead atoms. The zero-order valence-electron chi connectivity index (χ0n) is 10.3. The van der Waals surface area contributed by atoms with Crippen LogP contribution in [0.5, 0.6) is 0 Å². The van der Waals surface area contributed by atoms with Gasteiger partial charge in [0.2, 0.25) is 0 Å². The van der Waals surface area contributed by atoms with Crippen molar-refractivity contribution in [2.45, 2.75) is 12.5 Å². The molecule has 0 saturated carbocycles. The molecule has 2 amide bonds. The number of nitrogens with zero attached hydrogens (tertiary/aromatic N) is 1. The van der Waals surface area contributed by atoms with Crippen LogP contribution >= 0.6 is 0 Å². The summed E-state index contributed by atoms with van der Waals surface area (Å²) in [5.74, 6) is -0.202. The molecule has 19 heavy (non-hydrogen) atoms. The summed E-state index contributed by atoms with van der Waals surface area (Å²) < 4.78 is 0. The monoisotopic (exact) mass is 254 g/mol. The van der Waals surface area contributed by atoms with E-state index >= 15 is 0 Å². The lowest BCUT2D eigenvalue weighted by Crippen LogP contribution is -2.47. The van der Waals surface area contributed by atoms with Gasteiger partial charge in [-0.25, -0.2) is 4.79 Å². The largest absolute Gasteiger partial charge is 0.351 e. The van der Waals surface area contributed by atoms with E-state index in [-0.39, 0.29) is 17.7 Å². The van der Waals surface area contributed by atoms with E-state index in [1.807, 2.05) is 48.6 Å². The summed E-state index contributed by atoms with van der Waals surface area (Å²) in [6, 6.07) is 6.57. The molecular weight excluding hydrogens is 240 g/mol.